The summed E-state index contributed by atoms with van der Waals surface area (Å²) in [6, 6.07) is 0. The molecule has 1 amide bonds. The minimum absolute atomic E-state index is 0.130. The summed E-state index contributed by atoms with van der Waals surface area (Å²) in [5, 5.41) is 12.8. The average Bonchev–Trinajstić information content (AvgIpc) is 2.18. The summed E-state index contributed by atoms with van der Waals surface area (Å²) in [4.78, 5) is 11.6. The summed E-state index contributed by atoms with van der Waals surface area (Å²) >= 11 is 0. The van der Waals surface area contributed by atoms with Gasteiger partial charge in [0, 0.05) is 12.5 Å². The molecule has 2 saturated carbocycles. The van der Waals surface area contributed by atoms with E-state index in [4.69, 9.17) is 0 Å². The maximum absolute atomic E-state index is 11.6. The molecule has 0 saturated heterocycles. The summed E-state index contributed by atoms with van der Waals surface area (Å²) in [6.45, 7) is 0.747. The Morgan fingerprint density at radius 3 is 2.50 bits per heavy atom. The Hall–Kier alpha value is -0.570. The van der Waals surface area contributed by atoms with Gasteiger partial charge in [0.05, 0.1) is 6.10 Å². The van der Waals surface area contributed by atoms with Gasteiger partial charge in [-0.15, -0.1) is 0 Å². The molecule has 2 rings (SSSR count). The van der Waals surface area contributed by atoms with Gasteiger partial charge in [-0.25, -0.2) is 0 Å². The molecule has 3 nitrogen and oxygen atoms in total. The van der Waals surface area contributed by atoms with Crippen molar-refractivity contribution in [3.8, 4) is 0 Å². The van der Waals surface area contributed by atoms with E-state index in [0.717, 1.165) is 45.1 Å². The quantitative estimate of drug-likeness (QED) is 0.767. The van der Waals surface area contributed by atoms with Crippen LogP contribution in [0, 0.1) is 11.8 Å². The standard InChI is InChI=1S/C13H23NO2/c15-12-7-2-1-4-10(12)8-9-14-13(16)11-5-3-6-11/h10-12,15H,1-9H2,(H,14,16). The summed E-state index contributed by atoms with van der Waals surface area (Å²) in [6.07, 6.45) is 8.62. The van der Waals surface area contributed by atoms with E-state index in [1.54, 1.807) is 0 Å². The SMILES string of the molecule is O=C(NCCC1CCCCC1O)C1CCC1. The van der Waals surface area contributed by atoms with Gasteiger partial charge in [0.1, 0.15) is 0 Å². The molecule has 2 atom stereocenters. The fourth-order valence-electron chi connectivity index (χ4n) is 2.72. The van der Waals surface area contributed by atoms with Gasteiger partial charge in [-0.05, 0) is 38.0 Å². The minimum Gasteiger partial charge on any atom is -0.393 e. The molecule has 0 aliphatic heterocycles. The zero-order valence-electron chi connectivity index (χ0n) is 9.95. The lowest BCUT2D eigenvalue weighted by Gasteiger charge is -2.28. The highest BCUT2D eigenvalue weighted by atomic mass is 16.3. The van der Waals surface area contributed by atoms with Crippen LogP contribution in [0.2, 0.25) is 0 Å². The van der Waals surface area contributed by atoms with E-state index in [2.05, 4.69) is 5.32 Å². The molecule has 0 aromatic rings. The molecule has 3 heteroatoms. The molecule has 0 spiro atoms. The first-order valence-electron chi connectivity index (χ1n) is 6.73. The van der Waals surface area contributed by atoms with Gasteiger partial charge in [-0.1, -0.05) is 19.3 Å². The van der Waals surface area contributed by atoms with Gasteiger partial charge >= 0.3 is 0 Å². The summed E-state index contributed by atoms with van der Waals surface area (Å²) in [5.41, 5.74) is 0. The van der Waals surface area contributed by atoms with Crippen molar-refractivity contribution in [2.45, 2.75) is 57.5 Å². The fourth-order valence-corrected chi connectivity index (χ4v) is 2.72. The van der Waals surface area contributed by atoms with Gasteiger partial charge < -0.3 is 10.4 Å². The van der Waals surface area contributed by atoms with Crippen molar-refractivity contribution >= 4 is 5.91 Å². The van der Waals surface area contributed by atoms with Gasteiger partial charge in [0.15, 0.2) is 0 Å². The predicted octanol–water partition coefficient (Wildman–Crippen LogP) is 1.84. The van der Waals surface area contributed by atoms with Crippen molar-refractivity contribution in [2.75, 3.05) is 6.54 Å². The van der Waals surface area contributed by atoms with Gasteiger partial charge in [0.2, 0.25) is 5.91 Å². The molecule has 0 radical (unpaired) electrons. The summed E-state index contributed by atoms with van der Waals surface area (Å²) < 4.78 is 0. The number of hydrogen-bond donors (Lipinski definition) is 2. The van der Waals surface area contributed by atoms with Crippen molar-refractivity contribution in [3.63, 3.8) is 0 Å². The van der Waals surface area contributed by atoms with Gasteiger partial charge in [-0.2, -0.15) is 0 Å². The monoisotopic (exact) mass is 225 g/mol. The Bertz CT molecular complexity index is 238. The van der Waals surface area contributed by atoms with Crippen LogP contribution in [0.25, 0.3) is 0 Å². The largest absolute Gasteiger partial charge is 0.393 e. The Morgan fingerprint density at radius 1 is 1.12 bits per heavy atom. The van der Waals surface area contributed by atoms with Crippen LogP contribution in [0.15, 0.2) is 0 Å². The van der Waals surface area contributed by atoms with Crippen molar-refractivity contribution in [2.24, 2.45) is 11.8 Å². The molecule has 2 fully saturated rings. The topological polar surface area (TPSA) is 49.3 Å². The number of carbonyl (C=O) groups excluding carboxylic acids is 1. The predicted molar refractivity (Wildman–Crippen MR) is 62.9 cm³/mol. The van der Waals surface area contributed by atoms with E-state index < -0.39 is 0 Å². The highest BCUT2D eigenvalue weighted by molar-refractivity contribution is 5.79. The Morgan fingerprint density at radius 2 is 1.88 bits per heavy atom. The average molecular weight is 225 g/mol. The van der Waals surface area contributed by atoms with Crippen molar-refractivity contribution < 1.29 is 9.90 Å². The van der Waals surface area contributed by atoms with Crippen molar-refractivity contribution in [1.82, 2.24) is 5.32 Å². The van der Waals surface area contributed by atoms with Gasteiger partial charge in [0.25, 0.3) is 0 Å². The van der Waals surface area contributed by atoms with Crippen LogP contribution < -0.4 is 5.32 Å². The molecule has 2 aliphatic carbocycles. The Kier molecular flexibility index (Phi) is 4.22. The maximum Gasteiger partial charge on any atom is 0.223 e. The second-order valence-corrected chi connectivity index (χ2v) is 5.32. The highest BCUT2D eigenvalue weighted by Crippen LogP contribution is 2.28. The van der Waals surface area contributed by atoms with Crippen LogP contribution in [-0.2, 0) is 4.79 Å². The zero-order valence-corrected chi connectivity index (χ0v) is 9.95. The Balaban J connectivity index is 1.61. The number of carbonyl (C=O) groups is 1. The number of hydrogen-bond acceptors (Lipinski definition) is 2. The summed E-state index contributed by atoms with van der Waals surface area (Å²) in [5.74, 6) is 0.934. The van der Waals surface area contributed by atoms with Crippen LogP contribution in [0.3, 0.4) is 0 Å². The third-order valence-corrected chi connectivity index (χ3v) is 4.16. The molecule has 16 heavy (non-hydrogen) atoms. The molecule has 0 heterocycles. The van der Waals surface area contributed by atoms with E-state index in [9.17, 15) is 9.90 Å². The number of aliphatic hydroxyl groups is 1. The third kappa shape index (κ3) is 2.97. The van der Waals surface area contributed by atoms with Crippen LogP contribution in [0.4, 0.5) is 0 Å². The van der Waals surface area contributed by atoms with Gasteiger partial charge in [-0.3, -0.25) is 4.79 Å². The molecule has 92 valence electrons. The molecule has 0 aromatic carbocycles. The van der Waals surface area contributed by atoms with E-state index >= 15 is 0 Å². The Labute approximate surface area is 97.6 Å². The number of nitrogens with one attached hydrogen (secondary N) is 1. The second-order valence-electron chi connectivity index (χ2n) is 5.32. The molecule has 0 aromatic heterocycles. The zero-order chi connectivity index (χ0) is 11.4. The smallest absolute Gasteiger partial charge is 0.223 e. The first kappa shape index (κ1) is 11.9. The summed E-state index contributed by atoms with van der Waals surface area (Å²) in [7, 11) is 0. The molecular formula is C13H23NO2. The van der Waals surface area contributed by atoms with Crippen molar-refractivity contribution in [3.05, 3.63) is 0 Å². The van der Waals surface area contributed by atoms with E-state index in [0.29, 0.717) is 5.92 Å². The van der Waals surface area contributed by atoms with E-state index in [1.807, 2.05) is 0 Å². The highest BCUT2D eigenvalue weighted by Gasteiger charge is 2.26. The van der Waals surface area contributed by atoms with Crippen molar-refractivity contribution in [1.29, 1.82) is 0 Å². The molecule has 2 N–H and O–H groups in total. The van der Waals surface area contributed by atoms with E-state index in [-0.39, 0.29) is 17.9 Å². The van der Waals surface area contributed by atoms with Crippen LogP contribution in [-0.4, -0.2) is 23.7 Å². The maximum atomic E-state index is 11.6. The lowest BCUT2D eigenvalue weighted by atomic mass is 9.83. The normalized spacial score (nSPS) is 30.8. The minimum atomic E-state index is -0.130. The molecule has 0 bridgehead atoms. The second kappa shape index (κ2) is 5.67. The first-order valence-corrected chi connectivity index (χ1v) is 6.73. The lowest BCUT2D eigenvalue weighted by molar-refractivity contribution is -0.127. The third-order valence-electron chi connectivity index (χ3n) is 4.16. The van der Waals surface area contributed by atoms with Crippen LogP contribution in [0.1, 0.15) is 51.4 Å². The van der Waals surface area contributed by atoms with E-state index in [1.165, 1.54) is 12.8 Å². The van der Waals surface area contributed by atoms with Crippen LogP contribution >= 0.6 is 0 Å². The number of aliphatic hydroxyl groups excluding tert-OH is 1. The molecule has 2 aliphatic rings. The van der Waals surface area contributed by atoms with Crippen LogP contribution in [0.5, 0.6) is 0 Å². The number of amides is 1. The molecule has 2 unspecified atom stereocenters. The molecular weight excluding hydrogens is 202 g/mol. The fraction of sp³-hybridized carbons (Fsp3) is 0.923. The first-order chi connectivity index (χ1) is 7.77. The lowest BCUT2D eigenvalue weighted by Crippen LogP contribution is -2.36. The number of rotatable bonds is 4.